The quantitative estimate of drug-likeness (QED) is 0.835. The number of amides is 1. The van der Waals surface area contributed by atoms with Gasteiger partial charge in [0.2, 0.25) is 0 Å². The molecule has 1 saturated heterocycles. The van der Waals surface area contributed by atoms with Crippen molar-refractivity contribution >= 4 is 5.91 Å². The molecule has 0 radical (unpaired) electrons. The van der Waals surface area contributed by atoms with Gasteiger partial charge in [-0.3, -0.25) is 4.79 Å². The maximum Gasteiger partial charge on any atom is 0.255 e. The fourth-order valence-electron chi connectivity index (χ4n) is 2.23. The standard InChI is InChI=1S/C13H21N3O/c1-3-10(2)11-8-15-9-12(11)13(17)16-6-4-14-5-7-16/h8-10,14-15H,3-7H2,1-2H3. The normalized spacial score (nSPS) is 18.1. The topological polar surface area (TPSA) is 48.1 Å². The SMILES string of the molecule is CCC(C)c1c[nH]cc1C(=O)N1CCNCC1. The van der Waals surface area contributed by atoms with Crippen molar-refractivity contribution in [3.8, 4) is 0 Å². The van der Waals surface area contributed by atoms with E-state index in [1.807, 2.05) is 17.3 Å². The first-order valence-corrected chi connectivity index (χ1v) is 6.40. The van der Waals surface area contributed by atoms with Crippen LogP contribution in [0.4, 0.5) is 0 Å². The highest BCUT2D eigenvalue weighted by molar-refractivity contribution is 5.95. The molecule has 0 aromatic carbocycles. The molecule has 0 spiro atoms. The lowest BCUT2D eigenvalue weighted by Gasteiger charge is -2.27. The average molecular weight is 235 g/mol. The molecule has 0 aliphatic carbocycles. The van der Waals surface area contributed by atoms with E-state index in [0.717, 1.165) is 43.7 Å². The number of aromatic amines is 1. The summed E-state index contributed by atoms with van der Waals surface area (Å²) in [5.74, 6) is 0.603. The summed E-state index contributed by atoms with van der Waals surface area (Å²) in [5, 5.41) is 3.26. The van der Waals surface area contributed by atoms with E-state index in [1.54, 1.807) is 0 Å². The number of hydrogen-bond acceptors (Lipinski definition) is 2. The van der Waals surface area contributed by atoms with Gasteiger partial charge in [0.25, 0.3) is 5.91 Å². The molecule has 1 amide bonds. The third kappa shape index (κ3) is 2.52. The molecule has 0 saturated carbocycles. The van der Waals surface area contributed by atoms with Gasteiger partial charge in [0.05, 0.1) is 5.56 Å². The van der Waals surface area contributed by atoms with E-state index < -0.39 is 0 Å². The second kappa shape index (κ2) is 5.36. The number of piperazine rings is 1. The van der Waals surface area contributed by atoms with E-state index in [2.05, 4.69) is 24.1 Å². The van der Waals surface area contributed by atoms with Crippen molar-refractivity contribution in [2.24, 2.45) is 0 Å². The minimum absolute atomic E-state index is 0.169. The van der Waals surface area contributed by atoms with E-state index in [1.165, 1.54) is 0 Å². The highest BCUT2D eigenvalue weighted by Crippen LogP contribution is 2.23. The van der Waals surface area contributed by atoms with Gasteiger partial charge in [-0.1, -0.05) is 13.8 Å². The van der Waals surface area contributed by atoms with Crippen LogP contribution in [0.2, 0.25) is 0 Å². The van der Waals surface area contributed by atoms with E-state index in [9.17, 15) is 4.79 Å². The Morgan fingerprint density at radius 3 is 2.76 bits per heavy atom. The van der Waals surface area contributed by atoms with E-state index in [-0.39, 0.29) is 5.91 Å². The first kappa shape index (κ1) is 12.2. The predicted octanol–water partition coefficient (Wildman–Crippen LogP) is 1.57. The molecule has 1 unspecified atom stereocenters. The molecule has 17 heavy (non-hydrogen) atoms. The molecule has 1 aromatic heterocycles. The Labute approximate surface area is 102 Å². The van der Waals surface area contributed by atoms with Gasteiger partial charge in [-0.15, -0.1) is 0 Å². The van der Waals surface area contributed by atoms with Crippen LogP contribution in [0.25, 0.3) is 0 Å². The molecule has 0 bridgehead atoms. The molecule has 2 heterocycles. The Morgan fingerprint density at radius 2 is 2.12 bits per heavy atom. The van der Waals surface area contributed by atoms with Crippen molar-refractivity contribution in [3.05, 3.63) is 23.5 Å². The predicted molar refractivity (Wildman–Crippen MR) is 68.3 cm³/mol. The molecule has 2 rings (SSSR count). The van der Waals surface area contributed by atoms with Crippen LogP contribution < -0.4 is 5.32 Å². The number of hydrogen-bond donors (Lipinski definition) is 2. The monoisotopic (exact) mass is 235 g/mol. The second-order valence-electron chi connectivity index (χ2n) is 4.68. The Morgan fingerprint density at radius 1 is 1.41 bits per heavy atom. The Bertz CT molecular complexity index is 380. The number of carbonyl (C=O) groups excluding carboxylic acids is 1. The minimum atomic E-state index is 0.169. The van der Waals surface area contributed by atoms with Gasteiger partial charge in [-0.25, -0.2) is 0 Å². The van der Waals surface area contributed by atoms with Crippen LogP contribution >= 0.6 is 0 Å². The Balaban J connectivity index is 2.15. The van der Waals surface area contributed by atoms with Crippen molar-refractivity contribution < 1.29 is 4.79 Å². The zero-order valence-electron chi connectivity index (χ0n) is 10.6. The van der Waals surface area contributed by atoms with Crippen molar-refractivity contribution in [1.82, 2.24) is 15.2 Å². The molecule has 2 N–H and O–H groups in total. The van der Waals surface area contributed by atoms with Gasteiger partial charge in [-0.05, 0) is 17.9 Å². The molecule has 1 atom stereocenters. The summed E-state index contributed by atoms with van der Waals surface area (Å²) in [4.78, 5) is 17.4. The molecular formula is C13H21N3O. The first-order chi connectivity index (χ1) is 8.24. The number of aromatic nitrogens is 1. The second-order valence-corrected chi connectivity index (χ2v) is 4.68. The lowest BCUT2D eigenvalue weighted by atomic mass is 9.97. The lowest BCUT2D eigenvalue weighted by molar-refractivity contribution is 0.0734. The van der Waals surface area contributed by atoms with Crippen LogP contribution in [0.1, 0.15) is 42.1 Å². The molecule has 94 valence electrons. The number of nitrogens with one attached hydrogen (secondary N) is 2. The van der Waals surface area contributed by atoms with Gasteiger partial charge < -0.3 is 15.2 Å². The van der Waals surface area contributed by atoms with Crippen molar-refractivity contribution in [1.29, 1.82) is 0 Å². The van der Waals surface area contributed by atoms with Gasteiger partial charge >= 0.3 is 0 Å². The fraction of sp³-hybridized carbons (Fsp3) is 0.615. The molecule has 1 aliphatic rings. The van der Waals surface area contributed by atoms with E-state index in [4.69, 9.17) is 0 Å². The van der Waals surface area contributed by atoms with Gasteiger partial charge in [0.15, 0.2) is 0 Å². The van der Waals surface area contributed by atoms with Crippen molar-refractivity contribution in [3.63, 3.8) is 0 Å². The third-order valence-corrected chi connectivity index (χ3v) is 3.56. The van der Waals surface area contributed by atoms with Gasteiger partial charge in [-0.2, -0.15) is 0 Å². The molecule has 4 nitrogen and oxygen atoms in total. The van der Waals surface area contributed by atoms with Crippen LogP contribution in [0.3, 0.4) is 0 Å². The first-order valence-electron chi connectivity index (χ1n) is 6.40. The number of carbonyl (C=O) groups is 1. The van der Waals surface area contributed by atoms with Crippen LogP contribution in [0, 0.1) is 0 Å². The molecule has 1 aliphatic heterocycles. The summed E-state index contributed by atoms with van der Waals surface area (Å²) >= 11 is 0. The lowest BCUT2D eigenvalue weighted by Crippen LogP contribution is -2.46. The number of nitrogens with zero attached hydrogens (tertiary/aromatic N) is 1. The molecular weight excluding hydrogens is 214 g/mol. The summed E-state index contributed by atoms with van der Waals surface area (Å²) in [7, 11) is 0. The van der Waals surface area contributed by atoms with E-state index >= 15 is 0 Å². The van der Waals surface area contributed by atoms with Crippen LogP contribution in [0.5, 0.6) is 0 Å². The fourth-order valence-corrected chi connectivity index (χ4v) is 2.23. The molecule has 1 fully saturated rings. The summed E-state index contributed by atoms with van der Waals surface area (Å²) in [6, 6.07) is 0. The highest BCUT2D eigenvalue weighted by Gasteiger charge is 2.22. The summed E-state index contributed by atoms with van der Waals surface area (Å²) in [6.07, 6.45) is 4.86. The van der Waals surface area contributed by atoms with Crippen LogP contribution in [-0.4, -0.2) is 42.0 Å². The maximum atomic E-state index is 12.4. The van der Waals surface area contributed by atoms with Crippen molar-refractivity contribution in [2.75, 3.05) is 26.2 Å². The highest BCUT2D eigenvalue weighted by atomic mass is 16.2. The largest absolute Gasteiger partial charge is 0.367 e. The molecule has 1 aromatic rings. The minimum Gasteiger partial charge on any atom is -0.367 e. The smallest absolute Gasteiger partial charge is 0.255 e. The zero-order valence-corrected chi connectivity index (χ0v) is 10.6. The summed E-state index contributed by atoms with van der Waals surface area (Å²) in [5.41, 5.74) is 2.00. The van der Waals surface area contributed by atoms with Gasteiger partial charge in [0.1, 0.15) is 0 Å². The Hall–Kier alpha value is -1.29. The zero-order chi connectivity index (χ0) is 12.3. The molecule has 4 heteroatoms. The summed E-state index contributed by atoms with van der Waals surface area (Å²) in [6.45, 7) is 7.73. The van der Waals surface area contributed by atoms with E-state index in [0.29, 0.717) is 5.92 Å². The number of H-pyrrole nitrogens is 1. The van der Waals surface area contributed by atoms with Crippen LogP contribution in [0.15, 0.2) is 12.4 Å². The number of rotatable bonds is 3. The van der Waals surface area contributed by atoms with Gasteiger partial charge in [0, 0.05) is 38.6 Å². The maximum absolute atomic E-state index is 12.4. The summed E-state index contributed by atoms with van der Waals surface area (Å²) < 4.78 is 0. The third-order valence-electron chi connectivity index (χ3n) is 3.56. The average Bonchev–Trinajstić information content (AvgIpc) is 2.87. The Kier molecular flexibility index (Phi) is 3.84. The van der Waals surface area contributed by atoms with Crippen molar-refractivity contribution in [2.45, 2.75) is 26.2 Å². The van der Waals surface area contributed by atoms with Crippen LogP contribution in [-0.2, 0) is 0 Å².